The number of benzene rings is 2. The predicted molar refractivity (Wildman–Crippen MR) is 95.3 cm³/mol. The second-order valence-electron chi connectivity index (χ2n) is 7.06. The lowest BCUT2D eigenvalue weighted by Gasteiger charge is -2.32. The maximum absolute atomic E-state index is 13.9. The smallest absolute Gasteiger partial charge is 0.414 e. The molecule has 140 valence electrons. The average Bonchev–Trinajstić information content (AvgIpc) is 3.25. The number of amides is 1. The van der Waals surface area contributed by atoms with Gasteiger partial charge in [-0.2, -0.15) is 0 Å². The van der Waals surface area contributed by atoms with Crippen molar-refractivity contribution in [1.29, 1.82) is 0 Å². The fraction of sp³-hybridized carbons (Fsp3) is 0.350. The number of nitrogens with zero attached hydrogens (tertiary/aromatic N) is 2. The maximum atomic E-state index is 13.9. The molecule has 2 aromatic rings. The van der Waals surface area contributed by atoms with Crippen molar-refractivity contribution in [3.63, 3.8) is 0 Å². The van der Waals surface area contributed by atoms with Gasteiger partial charge in [0, 0.05) is 19.6 Å². The van der Waals surface area contributed by atoms with E-state index in [9.17, 15) is 9.18 Å². The predicted octanol–water partition coefficient (Wildman–Crippen LogP) is 3.29. The molecule has 1 saturated heterocycles. The minimum atomic E-state index is -0.393. The van der Waals surface area contributed by atoms with Gasteiger partial charge in [-0.3, -0.25) is 9.80 Å². The molecule has 6 nitrogen and oxygen atoms in total. The molecule has 0 unspecified atom stereocenters. The van der Waals surface area contributed by atoms with Crippen molar-refractivity contribution >= 4 is 11.8 Å². The molecule has 0 saturated carbocycles. The van der Waals surface area contributed by atoms with Gasteiger partial charge in [-0.05, 0) is 41.8 Å². The Bertz CT molecular complexity index is 904. The molecule has 1 atom stereocenters. The van der Waals surface area contributed by atoms with Crippen LogP contribution in [0.1, 0.15) is 17.5 Å². The maximum Gasteiger partial charge on any atom is 0.414 e. The van der Waals surface area contributed by atoms with Gasteiger partial charge < -0.3 is 14.2 Å². The van der Waals surface area contributed by atoms with Gasteiger partial charge in [0.05, 0.1) is 11.7 Å². The van der Waals surface area contributed by atoms with Crippen molar-refractivity contribution < 1.29 is 23.4 Å². The largest absolute Gasteiger partial charge is 0.454 e. The summed E-state index contributed by atoms with van der Waals surface area (Å²) in [6, 6.07) is 10.5. The number of anilines is 1. The Morgan fingerprint density at radius 2 is 1.96 bits per heavy atom. The van der Waals surface area contributed by atoms with Crippen molar-refractivity contribution in [1.82, 2.24) is 4.90 Å². The van der Waals surface area contributed by atoms with Gasteiger partial charge in [0.2, 0.25) is 6.79 Å². The molecule has 1 amide bonds. The lowest BCUT2D eigenvalue weighted by molar-refractivity contribution is 0.174. The van der Waals surface area contributed by atoms with Crippen LogP contribution in [0.2, 0.25) is 0 Å². The molecule has 7 heteroatoms. The Morgan fingerprint density at radius 3 is 2.89 bits per heavy atom. The van der Waals surface area contributed by atoms with Gasteiger partial charge in [0.25, 0.3) is 0 Å². The van der Waals surface area contributed by atoms with Crippen LogP contribution in [0.4, 0.5) is 14.9 Å². The van der Waals surface area contributed by atoms with Crippen molar-refractivity contribution in [2.75, 3.05) is 24.8 Å². The monoisotopic (exact) mass is 370 g/mol. The Labute approximate surface area is 156 Å². The third-order valence-electron chi connectivity index (χ3n) is 5.28. The minimum Gasteiger partial charge on any atom is -0.454 e. The first-order chi connectivity index (χ1) is 13.2. The highest BCUT2D eigenvalue weighted by Crippen LogP contribution is 2.35. The minimum absolute atomic E-state index is 0.0717. The van der Waals surface area contributed by atoms with Gasteiger partial charge in [-0.25, -0.2) is 9.18 Å². The van der Waals surface area contributed by atoms with E-state index in [0.717, 1.165) is 42.1 Å². The molecule has 3 heterocycles. The van der Waals surface area contributed by atoms with E-state index >= 15 is 0 Å². The summed E-state index contributed by atoms with van der Waals surface area (Å²) in [5.41, 5.74) is 2.65. The molecule has 2 aromatic carbocycles. The van der Waals surface area contributed by atoms with E-state index in [2.05, 4.69) is 4.90 Å². The molecular weight excluding hydrogens is 351 g/mol. The fourth-order valence-electron chi connectivity index (χ4n) is 3.95. The first-order valence-corrected chi connectivity index (χ1v) is 9.03. The normalized spacial score (nSPS) is 21.3. The summed E-state index contributed by atoms with van der Waals surface area (Å²) >= 11 is 0. The molecule has 27 heavy (non-hydrogen) atoms. The number of fused-ring (bicyclic) bond motifs is 4. The van der Waals surface area contributed by atoms with E-state index in [1.165, 1.54) is 12.1 Å². The number of hydrogen-bond acceptors (Lipinski definition) is 5. The highest BCUT2D eigenvalue weighted by Gasteiger charge is 2.37. The highest BCUT2D eigenvalue weighted by atomic mass is 19.1. The third kappa shape index (κ3) is 2.98. The Balaban J connectivity index is 1.44. The Hall–Kier alpha value is -2.80. The zero-order valence-corrected chi connectivity index (χ0v) is 14.7. The standard InChI is InChI=1S/C20H19FN2O4/c21-15-3-2-14-10-22(9-13-1-4-18-19(7-13)27-12-26-18)6-5-16-11-25-20(24)23(16)17(14)8-15/h1-4,7-8,16H,5-6,9-12H2/t16-/m0/s1. The van der Waals surface area contributed by atoms with Crippen molar-refractivity contribution in [2.45, 2.75) is 25.6 Å². The number of rotatable bonds is 2. The van der Waals surface area contributed by atoms with E-state index in [-0.39, 0.29) is 18.7 Å². The van der Waals surface area contributed by atoms with E-state index in [1.807, 2.05) is 18.2 Å². The number of carbonyl (C=O) groups is 1. The lowest BCUT2D eigenvalue weighted by atomic mass is 10.0. The quantitative estimate of drug-likeness (QED) is 0.812. The first kappa shape index (κ1) is 16.4. The molecule has 0 bridgehead atoms. The molecule has 0 aliphatic carbocycles. The molecular formula is C20H19FN2O4. The fourth-order valence-corrected chi connectivity index (χ4v) is 3.95. The molecule has 3 aliphatic rings. The molecule has 3 aliphatic heterocycles. The summed E-state index contributed by atoms with van der Waals surface area (Å²) in [5, 5.41) is 0. The zero-order chi connectivity index (χ0) is 18.4. The molecule has 0 radical (unpaired) electrons. The summed E-state index contributed by atoms with van der Waals surface area (Å²) in [4.78, 5) is 16.1. The van der Waals surface area contributed by atoms with Crippen LogP contribution in [0.3, 0.4) is 0 Å². The molecule has 1 fully saturated rings. The summed E-state index contributed by atoms with van der Waals surface area (Å²) in [6.45, 7) is 2.76. The van der Waals surface area contributed by atoms with Crippen LogP contribution in [-0.2, 0) is 17.8 Å². The summed E-state index contributed by atoms with van der Waals surface area (Å²) in [5.74, 6) is 1.18. The average molecular weight is 370 g/mol. The van der Waals surface area contributed by atoms with Crippen LogP contribution in [-0.4, -0.2) is 37.0 Å². The van der Waals surface area contributed by atoms with Gasteiger partial charge in [0.1, 0.15) is 12.4 Å². The Morgan fingerprint density at radius 1 is 1.07 bits per heavy atom. The van der Waals surface area contributed by atoms with Crippen molar-refractivity contribution in [3.05, 3.63) is 53.3 Å². The summed E-state index contributed by atoms with van der Waals surface area (Å²) < 4.78 is 29.9. The van der Waals surface area contributed by atoms with Gasteiger partial charge in [0.15, 0.2) is 11.5 Å². The first-order valence-electron chi connectivity index (χ1n) is 9.03. The second-order valence-corrected chi connectivity index (χ2v) is 7.06. The topological polar surface area (TPSA) is 51.2 Å². The van der Waals surface area contributed by atoms with E-state index < -0.39 is 6.09 Å². The van der Waals surface area contributed by atoms with Gasteiger partial charge in [-0.1, -0.05) is 12.1 Å². The van der Waals surface area contributed by atoms with Crippen LogP contribution in [0.25, 0.3) is 0 Å². The number of cyclic esters (lactones) is 1. The van der Waals surface area contributed by atoms with E-state index in [0.29, 0.717) is 18.8 Å². The van der Waals surface area contributed by atoms with Crippen molar-refractivity contribution in [2.24, 2.45) is 0 Å². The number of ether oxygens (including phenoxy) is 3. The second kappa shape index (κ2) is 6.42. The van der Waals surface area contributed by atoms with E-state index in [4.69, 9.17) is 14.2 Å². The Kier molecular flexibility index (Phi) is 3.89. The van der Waals surface area contributed by atoms with Crippen LogP contribution in [0.5, 0.6) is 11.5 Å². The van der Waals surface area contributed by atoms with Crippen molar-refractivity contribution in [3.8, 4) is 11.5 Å². The summed E-state index contributed by atoms with van der Waals surface area (Å²) in [7, 11) is 0. The van der Waals surface area contributed by atoms with Crippen LogP contribution in [0.15, 0.2) is 36.4 Å². The number of hydrogen-bond donors (Lipinski definition) is 0. The zero-order valence-electron chi connectivity index (χ0n) is 14.7. The molecule has 0 spiro atoms. The SMILES string of the molecule is O=C1OC[C@@H]2CCN(Cc3ccc4c(c3)OCO4)Cc3ccc(F)cc3N12. The molecule has 0 aromatic heterocycles. The number of halogens is 1. The third-order valence-corrected chi connectivity index (χ3v) is 5.28. The van der Waals surface area contributed by atoms with Crippen LogP contribution < -0.4 is 14.4 Å². The summed E-state index contributed by atoms with van der Waals surface area (Å²) in [6.07, 6.45) is 0.378. The molecule has 5 rings (SSSR count). The van der Waals surface area contributed by atoms with Gasteiger partial charge >= 0.3 is 6.09 Å². The van der Waals surface area contributed by atoms with Crippen LogP contribution >= 0.6 is 0 Å². The highest BCUT2D eigenvalue weighted by molar-refractivity contribution is 5.91. The molecule has 0 N–H and O–H groups in total. The van der Waals surface area contributed by atoms with E-state index in [1.54, 1.807) is 11.0 Å². The number of carbonyl (C=O) groups excluding carboxylic acids is 1. The van der Waals surface area contributed by atoms with Gasteiger partial charge in [-0.15, -0.1) is 0 Å². The lowest BCUT2D eigenvalue weighted by Crippen LogP contribution is -2.40. The van der Waals surface area contributed by atoms with Crippen LogP contribution in [0, 0.1) is 5.82 Å².